The van der Waals surface area contributed by atoms with E-state index in [4.69, 9.17) is 0 Å². The van der Waals surface area contributed by atoms with Crippen molar-refractivity contribution in [2.24, 2.45) is 0 Å². The molecule has 488 valence electrons. The van der Waals surface area contributed by atoms with Gasteiger partial charge in [0.25, 0.3) is 0 Å². The average molecular weight is 1160 g/mol. The van der Waals surface area contributed by atoms with Gasteiger partial charge in [0.05, 0.1) is 0 Å². The number of hydrogen-bond acceptors (Lipinski definition) is 4. The summed E-state index contributed by atoms with van der Waals surface area (Å²) < 4.78 is 0. The number of amides is 3. The molecule has 0 fully saturated rings. The molecule has 0 radical (unpaired) electrons. The van der Waals surface area contributed by atoms with E-state index >= 15 is 0 Å². The molecular formula is C75H150N4O3. The Kier molecular flexibility index (Phi) is 62.6. The molecule has 1 N–H and O–H groups in total. The van der Waals surface area contributed by atoms with Gasteiger partial charge < -0.3 is 20.0 Å². The van der Waals surface area contributed by atoms with Gasteiger partial charge in [-0.2, -0.15) is 0 Å². The maximum absolute atomic E-state index is 14.0. The van der Waals surface area contributed by atoms with E-state index in [1.165, 1.54) is 270 Å². The minimum Gasteiger partial charge on any atom is -0.353 e. The molecule has 3 amide bonds. The molecule has 7 heteroatoms. The summed E-state index contributed by atoms with van der Waals surface area (Å²) in [5.74, 6) is 1.07. The Balaban J connectivity index is 5.30. The number of carbonyl (C=O) groups is 3. The van der Waals surface area contributed by atoms with Crippen molar-refractivity contribution in [3.63, 3.8) is 0 Å². The average Bonchev–Trinajstić information content (AvgIpc) is 3.47. The SMILES string of the molecule is CCCCCCCCCCC(CC(=O)NC(CCCCCCCCC(=O)N(CCCCCCCCCC)CCCCCCCCCC)CCCCCCCCC(=O)N(CCCC)C(CCCCCCCC)CCCCCCCC)N(C)C. The van der Waals surface area contributed by atoms with E-state index in [0.29, 0.717) is 43.2 Å². The van der Waals surface area contributed by atoms with Crippen LogP contribution in [0, 0.1) is 0 Å². The van der Waals surface area contributed by atoms with Gasteiger partial charge in [0.1, 0.15) is 0 Å². The van der Waals surface area contributed by atoms with Crippen LogP contribution in [-0.2, 0) is 14.4 Å². The summed E-state index contributed by atoms with van der Waals surface area (Å²) in [5.41, 5.74) is 0. The minimum absolute atomic E-state index is 0.241. The second-order valence-corrected chi connectivity index (χ2v) is 26.7. The molecule has 82 heavy (non-hydrogen) atoms. The molecule has 0 saturated carbocycles. The predicted molar refractivity (Wildman–Crippen MR) is 363 cm³/mol. The highest BCUT2D eigenvalue weighted by molar-refractivity contribution is 5.77. The molecule has 2 atom stereocenters. The van der Waals surface area contributed by atoms with E-state index < -0.39 is 0 Å². The Morgan fingerprint density at radius 1 is 0.293 bits per heavy atom. The van der Waals surface area contributed by atoms with Crippen molar-refractivity contribution in [3.8, 4) is 0 Å². The highest BCUT2D eigenvalue weighted by atomic mass is 16.2. The molecule has 0 aromatic carbocycles. The molecule has 0 heterocycles. The molecule has 0 saturated heterocycles. The second kappa shape index (κ2) is 63.9. The highest BCUT2D eigenvalue weighted by Gasteiger charge is 2.23. The first kappa shape index (κ1) is 80.4. The van der Waals surface area contributed by atoms with Crippen LogP contribution in [0.25, 0.3) is 0 Å². The van der Waals surface area contributed by atoms with E-state index in [1.54, 1.807) is 0 Å². The lowest BCUT2D eigenvalue weighted by molar-refractivity contribution is -0.134. The van der Waals surface area contributed by atoms with Gasteiger partial charge in [-0.05, 0) is 78.3 Å². The van der Waals surface area contributed by atoms with Crippen LogP contribution in [0.15, 0.2) is 0 Å². The summed E-state index contributed by atoms with van der Waals surface area (Å²) in [5, 5.41) is 3.59. The van der Waals surface area contributed by atoms with Gasteiger partial charge in [0, 0.05) is 57.0 Å². The fourth-order valence-corrected chi connectivity index (χ4v) is 12.7. The molecule has 0 spiro atoms. The fourth-order valence-electron chi connectivity index (χ4n) is 12.7. The fraction of sp³-hybridized carbons (Fsp3) is 0.960. The van der Waals surface area contributed by atoms with Crippen molar-refractivity contribution in [3.05, 3.63) is 0 Å². The zero-order valence-electron chi connectivity index (χ0n) is 57.4. The Hall–Kier alpha value is -1.63. The topological polar surface area (TPSA) is 73.0 Å². The Bertz CT molecular complexity index is 1290. The van der Waals surface area contributed by atoms with Crippen molar-refractivity contribution in [1.82, 2.24) is 20.0 Å². The predicted octanol–water partition coefficient (Wildman–Crippen LogP) is 23.2. The van der Waals surface area contributed by atoms with Gasteiger partial charge in [-0.15, -0.1) is 0 Å². The third kappa shape index (κ3) is 52.7. The van der Waals surface area contributed by atoms with Crippen molar-refractivity contribution in [2.75, 3.05) is 33.7 Å². The summed E-state index contributed by atoms with van der Waals surface area (Å²) in [6, 6.07) is 0.971. The van der Waals surface area contributed by atoms with Crippen LogP contribution in [0.5, 0.6) is 0 Å². The van der Waals surface area contributed by atoms with Crippen LogP contribution in [0.1, 0.15) is 414 Å². The molecule has 0 aromatic rings. The van der Waals surface area contributed by atoms with Crippen LogP contribution in [-0.4, -0.2) is 84.3 Å². The lowest BCUT2D eigenvalue weighted by Crippen LogP contribution is -2.41. The molecule has 7 nitrogen and oxygen atoms in total. The van der Waals surface area contributed by atoms with Crippen LogP contribution in [0.2, 0.25) is 0 Å². The van der Waals surface area contributed by atoms with Gasteiger partial charge in [-0.1, -0.05) is 330 Å². The molecule has 0 rings (SSSR count). The third-order valence-electron chi connectivity index (χ3n) is 18.5. The van der Waals surface area contributed by atoms with Crippen LogP contribution in [0.4, 0.5) is 0 Å². The number of hydrogen-bond donors (Lipinski definition) is 1. The standard InChI is InChI=1S/C75H150N4O3/c1-9-15-21-26-31-34-45-54-63-72(77(7)8)69-73(80)76-70(59-50-41-35-37-46-55-64-74(81)78(66-57-48-39-32-27-22-16-10-2)67-58-49-40-33-28-23-17-11-3)60-51-42-36-38-47-56-65-75(82)79(68-20-14-6)71(61-52-43-29-24-18-12-4)62-53-44-30-25-19-13-5/h70-72H,9-69H2,1-8H3,(H,76,80). The van der Waals surface area contributed by atoms with Crippen molar-refractivity contribution < 1.29 is 14.4 Å². The highest BCUT2D eigenvalue weighted by Crippen LogP contribution is 2.23. The third-order valence-corrected chi connectivity index (χ3v) is 18.5. The monoisotopic (exact) mass is 1160 g/mol. The smallest absolute Gasteiger partial charge is 0.222 e. The lowest BCUT2D eigenvalue weighted by atomic mass is 9.97. The zero-order valence-corrected chi connectivity index (χ0v) is 57.4. The number of nitrogens with one attached hydrogen (secondary N) is 1. The van der Waals surface area contributed by atoms with Crippen molar-refractivity contribution >= 4 is 17.7 Å². The van der Waals surface area contributed by atoms with E-state index in [0.717, 1.165) is 103 Å². The molecule has 0 aromatic heterocycles. The molecule has 0 aliphatic heterocycles. The van der Waals surface area contributed by atoms with Gasteiger partial charge >= 0.3 is 0 Å². The van der Waals surface area contributed by atoms with Crippen LogP contribution < -0.4 is 5.32 Å². The molecular weight excluding hydrogens is 1000 g/mol. The Morgan fingerprint density at radius 3 is 0.915 bits per heavy atom. The van der Waals surface area contributed by atoms with Gasteiger partial charge in [-0.3, -0.25) is 14.4 Å². The Morgan fingerprint density at radius 2 is 0.573 bits per heavy atom. The minimum atomic E-state index is 0.241. The summed E-state index contributed by atoms with van der Waals surface area (Å²) in [4.78, 5) is 48.3. The van der Waals surface area contributed by atoms with E-state index in [9.17, 15) is 14.4 Å². The number of unbranched alkanes of at least 4 members (excludes halogenated alkanes) is 42. The maximum Gasteiger partial charge on any atom is 0.222 e. The lowest BCUT2D eigenvalue weighted by Gasteiger charge is -2.33. The van der Waals surface area contributed by atoms with Crippen LogP contribution >= 0.6 is 0 Å². The summed E-state index contributed by atoms with van der Waals surface area (Å²) in [6.45, 7) is 16.6. The van der Waals surface area contributed by atoms with Gasteiger partial charge in [0.2, 0.25) is 17.7 Å². The second-order valence-electron chi connectivity index (χ2n) is 26.7. The van der Waals surface area contributed by atoms with Gasteiger partial charge in [-0.25, -0.2) is 0 Å². The van der Waals surface area contributed by atoms with Crippen molar-refractivity contribution in [1.29, 1.82) is 0 Å². The van der Waals surface area contributed by atoms with Crippen molar-refractivity contribution in [2.45, 2.75) is 432 Å². The molecule has 2 unspecified atom stereocenters. The van der Waals surface area contributed by atoms with Gasteiger partial charge in [0.15, 0.2) is 0 Å². The number of nitrogens with zero attached hydrogens (tertiary/aromatic N) is 3. The molecule has 0 bridgehead atoms. The van der Waals surface area contributed by atoms with Crippen LogP contribution in [0.3, 0.4) is 0 Å². The zero-order chi connectivity index (χ0) is 60.0. The Labute approximate surface area is 515 Å². The first-order valence-electron chi connectivity index (χ1n) is 37.7. The van der Waals surface area contributed by atoms with E-state index in [-0.39, 0.29) is 11.9 Å². The van der Waals surface area contributed by atoms with E-state index in [2.05, 4.69) is 75.7 Å². The van der Waals surface area contributed by atoms with E-state index in [1.807, 2.05) is 0 Å². The molecule has 0 aliphatic carbocycles. The normalized spacial score (nSPS) is 12.5. The summed E-state index contributed by atoms with van der Waals surface area (Å²) >= 11 is 0. The first-order chi connectivity index (χ1) is 40.2. The quantitative estimate of drug-likeness (QED) is 0.0616. The first-order valence-corrected chi connectivity index (χ1v) is 37.7. The number of rotatable bonds is 67. The molecule has 0 aliphatic rings. The summed E-state index contributed by atoms with van der Waals surface area (Å²) in [6.07, 6.45) is 71.2. The summed E-state index contributed by atoms with van der Waals surface area (Å²) in [7, 11) is 4.32. The maximum atomic E-state index is 14.0. The largest absolute Gasteiger partial charge is 0.353 e. The number of carbonyl (C=O) groups excluding carboxylic acids is 3.